The van der Waals surface area contributed by atoms with Gasteiger partial charge in [0, 0.05) is 13.6 Å². The van der Waals surface area contributed by atoms with Crippen molar-refractivity contribution < 1.29 is 5.21 Å². The third kappa shape index (κ3) is 2.12. The van der Waals surface area contributed by atoms with Crippen molar-refractivity contribution in [3.8, 4) is 0 Å². The van der Waals surface area contributed by atoms with Gasteiger partial charge in [-0.2, -0.15) is 0 Å². The quantitative estimate of drug-likeness (QED) is 0.320. The summed E-state index contributed by atoms with van der Waals surface area (Å²) in [6.45, 7) is 2.96. The average molecular weight is 194 g/mol. The Labute approximate surface area is 82.9 Å². The first kappa shape index (κ1) is 10.3. The Balaban J connectivity index is 2.89. The fraction of sp³-hybridized carbons (Fsp3) is 0.333. The van der Waals surface area contributed by atoms with Gasteiger partial charge in [0.05, 0.1) is 11.9 Å². The van der Waals surface area contributed by atoms with Crippen molar-refractivity contribution >= 4 is 11.5 Å². The minimum atomic E-state index is 0.0238. The predicted octanol–water partition coefficient (Wildman–Crippen LogP) is 0.632. The lowest BCUT2D eigenvalue weighted by molar-refractivity contribution is 0.318. The minimum Gasteiger partial charge on any atom is -0.409 e. The van der Waals surface area contributed by atoms with Crippen LogP contribution in [0.25, 0.3) is 0 Å². The number of nitrogens with zero attached hydrogens (tertiary/aromatic N) is 3. The van der Waals surface area contributed by atoms with Crippen molar-refractivity contribution in [2.75, 3.05) is 18.5 Å². The summed E-state index contributed by atoms with van der Waals surface area (Å²) in [5.41, 5.74) is 6.85. The Kier molecular flexibility index (Phi) is 3.28. The maximum Gasteiger partial charge on any atom is 0.188 e. The van der Waals surface area contributed by atoms with Gasteiger partial charge in [-0.15, -0.1) is 0 Å². The number of nitrogens with two attached hydrogens (primary N) is 1. The van der Waals surface area contributed by atoms with Crippen LogP contribution in [-0.2, 0) is 0 Å². The highest BCUT2D eigenvalue weighted by Gasteiger charge is 2.02. The number of amidine groups is 1. The zero-order valence-corrected chi connectivity index (χ0v) is 8.31. The van der Waals surface area contributed by atoms with Crippen LogP contribution in [0.5, 0.6) is 0 Å². The van der Waals surface area contributed by atoms with E-state index >= 15 is 0 Å². The van der Waals surface area contributed by atoms with Gasteiger partial charge < -0.3 is 15.8 Å². The molecular formula is C9H14N4O. The van der Waals surface area contributed by atoms with Crippen molar-refractivity contribution in [2.24, 2.45) is 10.9 Å². The summed E-state index contributed by atoms with van der Waals surface area (Å²) in [5, 5.41) is 11.3. The number of oxime groups is 1. The molecule has 76 valence electrons. The van der Waals surface area contributed by atoms with Crippen LogP contribution in [0, 0.1) is 0 Å². The maximum atomic E-state index is 8.43. The van der Waals surface area contributed by atoms with E-state index in [1.807, 2.05) is 18.0 Å². The molecule has 5 nitrogen and oxygen atoms in total. The Morgan fingerprint density at radius 1 is 1.64 bits per heavy atom. The fourth-order valence-electron chi connectivity index (χ4n) is 0.997. The Morgan fingerprint density at radius 3 is 2.79 bits per heavy atom. The van der Waals surface area contributed by atoms with E-state index in [0.717, 1.165) is 12.2 Å². The fourth-order valence-corrected chi connectivity index (χ4v) is 0.997. The zero-order valence-electron chi connectivity index (χ0n) is 8.31. The van der Waals surface area contributed by atoms with E-state index in [2.05, 4.69) is 17.1 Å². The lowest BCUT2D eigenvalue weighted by atomic mass is 10.3. The van der Waals surface area contributed by atoms with Crippen molar-refractivity contribution in [3.05, 3.63) is 24.0 Å². The van der Waals surface area contributed by atoms with Crippen molar-refractivity contribution in [3.63, 3.8) is 0 Å². The molecule has 5 heteroatoms. The smallest absolute Gasteiger partial charge is 0.188 e. The SMILES string of the molecule is CCN(C)c1ccc(/C(N)=N/O)nc1. The highest BCUT2D eigenvalue weighted by Crippen LogP contribution is 2.10. The molecule has 3 N–H and O–H groups in total. The van der Waals surface area contributed by atoms with Crippen LogP contribution in [-0.4, -0.2) is 29.6 Å². The first-order chi connectivity index (χ1) is 6.69. The molecule has 0 aliphatic heterocycles. The molecule has 0 aliphatic rings. The minimum absolute atomic E-state index is 0.0238. The number of hydrogen-bond acceptors (Lipinski definition) is 4. The molecule has 0 aliphatic carbocycles. The lowest BCUT2D eigenvalue weighted by Crippen LogP contribution is -2.18. The zero-order chi connectivity index (χ0) is 10.6. The molecule has 1 aromatic rings. The van der Waals surface area contributed by atoms with E-state index in [-0.39, 0.29) is 5.84 Å². The first-order valence-electron chi connectivity index (χ1n) is 4.34. The third-order valence-electron chi connectivity index (χ3n) is 2.03. The van der Waals surface area contributed by atoms with E-state index in [9.17, 15) is 0 Å². The van der Waals surface area contributed by atoms with Crippen LogP contribution >= 0.6 is 0 Å². The normalized spacial score (nSPS) is 11.4. The molecule has 0 saturated carbocycles. The number of pyridine rings is 1. The van der Waals surface area contributed by atoms with E-state index < -0.39 is 0 Å². The van der Waals surface area contributed by atoms with Gasteiger partial charge in [0.25, 0.3) is 0 Å². The summed E-state index contributed by atoms with van der Waals surface area (Å²) in [7, 11) is 1.97. The largest absolute Gasteiger partial charge is 0.409 e. The average Bonchev–Trinajstić information content (AvgIpc) is 2.27. The van der Waals surface area contributed by atoms with Gasteiger partial charge in [-0.25, -0.2) is 0 Å². The van der Waals surface area contributed by atoms with Gasteiger partial charge in [-0.3, -0.25) is 4.98 Å². The topological polar surface area (TPSA) is 74.7 Å². The number of anilines is 1. The first-order valence-corrected chi connectivity index (χ1v) is 4.34. The molecule has 14 heavy (non-hydrogen) atoms. The van der Waals surface area contributed by atoms with Crippen LogP contribution in [0.3, 0.4) is 0 Å². The maximum absolute atomic E-state index is 8.43. The van der Waals surface area contributed by atoms with E-state index in [0.29, 0.717) is 5.69 Å². The molecule has 1 aromatic heterocycles. The number of hydrogen-bond donors (Lipinski definition) is 2. The Hall–Kier alpha value is -1.78. The second-order valence-corrected chi connectivity index (χ2v) is 2.90. The highest BCUT2D eigenvalue weighted by atomic mass is 16.4. The summed E-state index contributed by atoms with van der Waals surface area (Å²) < 4.78 is 0. The standard InChI is InChI=1S/C9H14N4O/c1-3-13(2)7-4-5-8(11-6-7)9(10)12-14/h4-6,14H,3H2,1-2H3,(H2,10,12). The molecule has 0 amide bonds. The van der Waals surface area contributed by atoms with Crippen LogP contribution in [0.4, 0.5) is 5.69 Å². The summed E-state index contributed by atoms with van der Waals surface area (Å²) in [6.07, 6.45) is 1.69. The monoisotopic (exact) mass is 194 g/mol. The van der Waals surface area contributed by atoms with E-state index in [1.54, 1.807) is 12.3 Å². The van der Waals surface area contributed by atoms with Gasteiger partial charge in [-0.05, 0) is 19.1 Å². The van der Waals surface area contributed by atoms with Gasteiger partial charge in [-0.1, -0.05) is 5.16 Å². The highest BCUT2D eigenvalue weighted by molar-refractivity contribution is 5.95. The molecule has 1 heterocycles. The molecule has 0 bridgehead atoms. The second-order valence-electron chi connectivity index (χ2n) is 2.90. The van der Waals surface area contributed by atoms with Crippen molar-refractivity contribution in [2.45, 2.75) is 6.92 Å². The summed E-state index contributed by atoms with van der Waals surface area (Å²) in [4.78, 5) is 6.11. The lowest BCUT2D eigenvalue weighted by Gasteiger charge is -2.15. The third-order valence-corrected chi connectivity index (χ3v) is 2.03. The Morgan fingerprint density at radius 2 is 2.36 bits per heavy atom. The van der Waals surface area contributed by atoms with Gasteiger partial charge in [0.1, 0.15) is 5.69 Å². The molecule has 0 radical (unpaired) electrons. The molecular weight excluding hydrogens is 180 g/mol. The van der Waals surface area contributed by atoms with Gasteiger partial charge in [0.2, 0.25) is 0 Å². The predicted molar refractivity (Wildman–Crippen MR) is 55.7 cm³/mol. The summed E-state index contributed by atoms with van der Waals surface area (Å²) in [6, 6.07) is 3.60. The van der Waals surface area contributed by atoms with Crippen LogP contribution in [0.2, 0.25) is 0 Å². The van der Waals surface area contributed by atoms with Crippen LogP contribution in [0.1, 0.15) is 12.6 Å². The summed E-state index contributed by atoms with van der Waals surface area (Å²) in [5.74, 6) is 0.0238. The van der Waals surface area contributed by atoms with Crippen LogP contribution in [0.15, 0.2) is 23.5 Å². The molecule has 0 fully saturated rings. The van der Waals surface area contributed by atoms with Crippen molar-refractivity contribution in [1.29, 1.82) is 0 Å². The van der Waals surface area contributed by atoms with Gasteiger partial charge in [0.15, 0.2) is 5.84 Å². The molecule has 0 spiro atoms. The van der Waals surface area contributed by atoms with Gasteiger partial charge >= 0.3 is 0 Å². The molecule has 0 aromatic carbocycles. The molecule has 0 atom stereocenters. The number of rotatable bonds is 3. The molecule has 1 rings (SSSR count). The van der Waals surface area contributed by atoms with E-state index in [4.69, 9.17) is 10.9 Å². The molecule has 0 saturated heterocycles. The number of aromatic nitrogens is 1. The van der Waals surface area contributed by atoms with Crippen LogP contribution < -0.4 is 10.6 Å². The van der Waals surface area contributed by atoms with Crippen molar-refractivity contribution in [1.82, 2.24) is 4.98 Å². The second kappa shape index (κ2) is 4.45. The van der Waals surface area contributed by atoms with E-state index in [1.165, 1.54) is 0 Å². The summed E-state index contributed by atoms with van der Waals surface area (Å²) >= 11 is 0. The Bertz CT molecular complexity index is 320. The molecule has 0 unspecified atom stereocenters.